The summed E-state index contributed by atoms with van der Waals surface area (Å²) >= 11 is 0. The van der Waals surface area contributed by atoms with Gasteiger partial charge in [-0.1, -0.05) is 0 Å². The van der Waals surface area contributed by atoms with E-state index in [4.69, 9.17) is 4.42 Å². The molecule has 0 spiro atoms. The van der Waals surface area contributed by atoms with Crippen molar-refractivity contribution in [3.05, 3.63) is 52.4 Å². The summed E-state index contributed by atoms with van der Waals surface area (Å²) < 4.78 is 28.1. The molecule has 1 aromatic carbocycles. The van der Waals surface area contributed by atoms with Gasteiger partial charge in [-0.15, -0.1) is 0 Å². The Balaban J connectivity index is 2.50. The molecular weight excluding hydrogens is 294 g/mol. The molecule has 0 aliphatic heterocycles. The number of benzene rings is 1. The van der Waals surface area contributed by atoms with Gasteiger partial charge in [0.15, 0.2) is 21.0 Å². The van der Waals surface area contributed by atoms with Gasteiger partial charge in [0.25, 0.3) is 5.91 Å². The maximum absolute atomic E-state index is 11.6. The second-order valence-corrected chi connectivity index (χ2v) is 6.41. The molecule has 0 bridgehead atoms. The van der Waals surface area contributed by atoms with Crippen LogP contribution >= 0.6 is 0 Å². The third-order valence-electron chi connectivity index (χ3n) is 2.78. The maximum Gasteiger partial charge on any atom is 0.286 e. The van der Waals surface area contributed by atoms with Gasteiger partial charge in [0, 0.05) is 31.0 Å². The van der Waals surface area contributed by atoms with Crippen LogP contribution in [0.1, 0.15) is 10.6 Å². The fraction of sp³-hybridized carbons (Fsp3) is 0.143. The molecule has 0 radical (unpaired) electrons. The number of rotatable bonds is 3. The Morgan fingerprint density at radius 2 is 1.76 bits per heavy atom. The van der Waals surface area contributed by atoms with Crippen LogP contribution in [0.5, 0.6) is 0 Å². The maximum atomic E-state index is 11.6. The minimum Gasteiger partial charge on any atom is -0.451 e. The van der Waals surface area contributed by atoms with E-state index >= 15 is 0 Å². The topological polar surface area (TPSA) is 93.5 Å². The predicted molar refractivity (Wildman–Crippen MR) is 76.9 cm³/mol. The van der Waals surface area contributed by atoms with Gasteiger partial charge in [0.1, 0.15) is 5.76 Å². The highest BCUT2D eigenvalue weighted by Gasteiger charge is 2.12. The highest BCUT2D eigenvalue weighted by atomic mass is 32.2. The second kappa shape index (κ2) is 5.53. The van der Waals surface area contributed by atoms with Crippen LogP contribution in [0.2, 0.25) is 0 Å². The Morgan fingerprint density at radius 3 is 2.29 bits per heavy atom. The summed E-state index contributed by atoms with van der Waals surface area (Å²) in [6, 6.07) is 8.19. The van der Waals surface area contributed by atoms with Crippen molar-refractivity contribution in [2.24, 2.45) is 0 Å². The lowest BCUT2D eigenvalue weighted by atomic mass is 10.1. The molecule has 21 heavy (non-hydrogen) atoms. The Kier molecular flexibility index (Phi) is 3.95. The molecule has 1 aromatic heterocycles. The molecule has 110 valence electrons. The molecule has 0 atom stereocenters. The monoisotopic (exact) mass is 307 g/mol. The summed E-state index contributed by atoms with van der Waals surface area (Å²) in [6.45, 7) is 0. The van der Waals surface area contributed by atoms with Crippen molar-refractivity contribution < 1.29 is 17.6 Å². The first-order chi connectivity index (χ1) is 9.81. The van der Waals surface area contributed by atoms with Gasteiger partial charge in [-0.05, 0) is 24.3 Å². The molecular formula is C14H13NO5S. The normalized spacial score (nSPS) is 11.1. The van der Waals surface area contributed by atoms with E-state index < -0.39 is 15.7 Å². The van der Waals surface area contributed by atoms with Crippen LogP contribution < -0.4 is 10.7 Å². The zero-order chi connectivity index (χ0) is 15.6. The van der Waals surface area contributed by atoms with Gasteiger partial charge >= 0.3 is 0 Å². The standard InChI is InChI=1S/C14H13NO5S/c1-15-14(17)13-8-10(16)7-12(20-13)9-3-5-11(6-4-9)21(2,18)19/h3-8H,1-2H3,(H,15,17). The summed E-state index contributed by atoms with van der Waals surface area (Å²) in [5.74, 6) is -0.421. The summed E-state index contributed by atoms with van der Waals surface area (Å²) in [7, 11) is -1.87. The smallest absolute Gasteiger partial charge is 0.286 e. The molecule has 0 fully saturated rings. The summed E-state index contributed by atoms with van der Waals surface area (Å²) in [5, 5.41) is 2.37. The first-order valence-electron chi connectivity index (χ1n) is 5.99. The van der Waals surface area contributed by atoms with Crippen LogP contribution in [0.25, 0.3) is 11.3 Å². The van der Waals surface area contributed by atoms with Crippen LogP contribution in [-0.2, 0) is 9.84 Å². The summed E-state index contributed by atoms with van der Waals surface area (Å²) in [5.41, 5.74) is 0.132. The first-order valence-corrected chi connectivity index (χ1v) is 7.88. The van der Waals surface area contributed by atoms with E-state index in [1.165, 1.54) is 37.4 Å². The lowest BCUT2D eigenvalue weighted by molar-refractivity contribution is 0.0934. The van der Waals surface area contributed by atoms with E-state index in [0.717, 1.165) is 12.3 Å². The largest absolute Gasteiger partial charge is 0.451 e. The highest BCUT2D eigenvalue weighted by Crippen LogP contribution is 2.21. The molecule has 0 unspecified atom stereocenters. The number of hydrogen-bond acceptors (Lipinski definition) is 5. The van der Waals surface area contributed by atoms with Crippen LogP contribution in [-0.4, -0.2) is 27.6 Å². The van der Waals surface area contributed by atoms with Crippen molar-refractivity contribution >= 4 is 15.7 Å². The number of nitrogens with one attached hydrogen (secondary N) is 1. The Morgan fingerprint density at radius 1 is 1.14 bits per heavy atom. The second-order valence-electron chi connectivity index (χ2n) is 4.40. The van der Waals surface area contributed by atoms with Crippen molar-refractivity contribution in [1.29, 1.82) is 0 Å². The molecule has 0 saturated heterocycles. The zero-order valence-corrected chi connectivity index (χ0v) is 12.2. The molecule has 7 heteroatoms. The van der Waals surface area contributed by atoms with E-state index in [1.807, 2.05) is 0 Å². The Labute approximate surface area is 121 Å². The predicted octanol–water partition coefficient (Wildman–Crippen LogP) is 1.07. The van der Waals surface area contributed by atoms with E-state index in [9.17, 15) is 18.0 Å². The summed E-state index contributed by atoms with van der Waals surface area (Å²) in [6.07, 6.45) is 1.11. The van der Waals surface area contributed by atoms with Gasteiger partial charge in [0.05, 0.1) is 4.90 Å². The van der Waals surface area contributed by atoms with Crippen molar-refractivity contribution in [2.45, 2.75) is 4.90 Å². The van der Waals surface area contributed by atoms with Gasteiger partial charge in [0.2, 0.25) is 0 Å². The van der Waals surface area contributed by atoms with Crippen LogP contribution in [0, 0.1) is 0 Å². The van der Waals surface area contributed by atoms with Crippen LogP contribution in [0.15, 0.2) is 50.5 Å². The van der Waals surface area contributed by atoms with Gasteiger partial charge < -0.3 is 9.73 Å². The molecule has 0 aliphatic rings. The van der Waals surface area contributed by atoms with Gasteiger partial charge in [-0.25, -0.2) is 8.42 Å². The highest BCUT2D eigenvalue weighted by molar-refractivity contribution is 7.90. The van der Waals surface area contributed by atoms with Crippen LogP contribution in [0.3, 0.4) is 0 Å². The third-order valence-corrected chi connectivity index (χ3v) is 3.91. The summed E-state index contributed by atoms with van der Waals surface area (Å²) in [4.78, 5) is 23.3. The van der Waals surface area contributed by atoms with E-state index in [-0.39, 0.29) is 21.8 Å². The molecule has 2 rings (SSSR count). The zero-order valence-electron chi connectivity index (χ0n) is 11.4. The molecule has 1 heterocycles. The van der Waals surface area contributed by atoms with Gasteiger partial charge in [-0.3, -0.25) is 9.59 Å². The van der Waals surface area contributed by atoms with Crippen molar-refractivity contribution in [1.82, 2.24) is 5.32 Å². The minimum absolute atomic E-state index is 0.104. The molecule has 1 N–H and O–H groups in total. The Bertz CT molecular complexity index is 834. The van der Waals surface area contributed by atoms with E-state index in [1.54, 1.807) is 0 Å². The minimum atomic E-state index is -3.29. The number of carbonyl (C=O) groups is 1. The van der Waals surface area contributed by atoms with Crippen molar-refractivity contribution in [2.75, 3.05) is 13.3 Å². The molecule has 2 aromatic rings. The molecule has 0 saturated carbocycles. The number of sulfone groups is 1. The lowest BCUT2D eigenvalue weighted by Gasteiger charge is -2.05. The quantitative estimate of drug-likeness (QED) is 0.915. The Hall–Kier alpha value is -2.41. The van der Waals surface area contributed by atoms with Crippen molar-refractivity contribution in [3.8, 4) is 11.3 Å². The molecule has 1 amide bonds. The average molecular weight is 307 g/mol. The number of amides is 1. The van der Waals surface area contributed by atoms with Gasteiger partial charge in [-0.2, -0.15) is 0 Å². The number of hydrogen-bond donors (Lipinski definition) is 1. The molecule has 6 nitrogen and oxygen atoms in total. The SMILES string of the molecule is CNC(=O)c1cc(=O)cc(-c2ccc(S(C)(=O)=O)cc2)o1. The number of carbonyl (C=O) groups excluding carboxylic acids is 1. The first kappa shape index (κ1) is 15.0. The lowest BCUT2D eigenvalue weighted by Crippen LogP contribution is -2.19. The average Bonchev–Trinajstić information content (AvgIpc) is 2.45. The fourth-order valence-electron chi connectivity index (χ4n) is 1.72. The molecule has 0 aliphatic carbocycles. The fourth-order valence-corrected chi connectivity index (χ4v) is 2.35. The van der Waals surface area contributed by atoms with Crippen LogP contribution in [0.4, 0.5) is 0 Å². The van der Waals surface area contributed by atoms with E-state index in [2.05, 4.69) is 5.32 Å². The third kappa shape index (κ3) is 3.38. The van der Waals surface area contributed by atoms with E-state index in [0.29, 0.717) is 5.56 Å². The van der Waals surface area contributed by atoms with Crippen molar-refractivity contribution in [3.63, 3.8) is 0 Å².